The minimum Gasteiger partial charge on any atom is -0.423 e. The molecule has 106 valence electrons. The van der Waals surface area contributed by atoms with Crippen LogP contribution in [0, 0.1) is 0 Å². The Balaban J connectivity index is 1.71. The summed E-state index contributed by atoms with van der Waals surface area (Å²) in [6, 6.07) is 7.81. The lowest BCUT2D eigenvalue weighted by Gasteiger charge is -2.31. The van der Waals surface area contributed by atoms with Crippen LogP contribution in [0.5, 0.6) is 0 Å². The van der Waals surface area contributed by atoms with Crippen LogP contribution in [0.4, 0.5) is 6.01 Å². The molecule has 7 heteroatoms. The maximum atomic E-state index is 11.6. The molecule has 0 aliphatic carbocycles. The van der Waals surface area contributed by atoms with Gasteiger partial charge in [-0.15, -0.1) is 0 Å². The molecule has 1 aromatic carbocycles. The first kappa shape index (κ1) is 12.9. The van der Waals surface area contributed by atoms with E-state index in [2.05, 4.69) is 20.9 Å². The number of ether oxygens (including phenoxy) is 1. The number of para-hydroxylation sites is 2. The summed E-state index contributed by atoms with van der Waals surface area (Å²) in [7, 11) is 1.61. The normalized spacial score (nSPS) is 22.8. The molecule has 3 N–H and O–H groups in total. The van der Waals surface area contributed by atoms with E-state index in [9.17, 15) is 4.79 Å². The van der Waals surface area contributed by atoms with E-state index in [0.29, 0.717) is 24.6 Å². The van der Waals surface area contributed by atoms with E-state index >= 15 is 0 Å². The molecule has 2 unspecified atom stereocenters. The van der Waals surface area contributed by atoms with Crippen LogP contribution in [0.2, 0.25) is 0 Å². The molecule has 7 nitrogen and oxygen atoms in total. The number of nitrogens with zero attached hydrogens (tertiary/aromatic N) is 1. The molecule has 1 aliphatic rings. The highest BCUT2D eigenvalue weighted by Gasteiger charge is 2.26. The van der Waals surface area contributed by atoms with E-state index in [1.54, 1.807) is 7.11 Å². The van der Waals surface area contributed by atoms with Crippen LogP contribution >= 0.6 is 0 Å². The van der Waals surface area contributed by atoms with E-state index < -0.39 is 6.29 Å². The summed E-state index contributed by atoms with van der Waals surface area (Å²) in [5.74, 6) is -0.0422. The zero-order valence-electron chi connectivity index (χ0n) is 11.1. The molecule has 1 aromatic heterocycles. The standard InChI is InChI=1S/C13H16N4O3/c1-19-7-8-6-11(18)16-12(14-8)17-13-15-9-4-2-3-5-10(9)20-13/h2-5,8,12,14H,6-7H2,1H3,(H,15,17)(H,16,18). The lowest BCUT2D eigenvalue weighted by Crippen LogP contribution is -2.60. The number of hydrogen-bond acceptors (Lipinski definition) is 6. The SMILES string of the molecule is COCC1CC(=O)NC(Nc2nc3ccccc3o2)N1. The Labute approximate surface area is 115 Å². The minimum atomic E-state index is -0.426. The molecular formula is C13H16N4O3. The van der Waals surface area contributed by atoms with Crippen molar-refractivity contribution in [2.45, 2.75) is 18.8 Å². The summed E-state index contributed by atoms with van der Waals surface area (Å²) in [6.45, 7) is 0.471. The number of benzene rings is 1. The van der Waals surface area contributed by atoms with Crippen LogP contribution in [-0.2, 0) is 9.53 Å². The van der Waals surface area contributed by atoms with E-state index in [0.717, 1.165) is 5.52 Å². The van der Waals surface area contributed by atoms with Gasteiger partial charge < -0.3 is 19.8 Å². The number of anilines is 1. The van der Waals surface area contributed by atoms with E-state index in [-0.39, 0.29) is 11.9 Å². The number of rotatable bonds is 4. The molecule has 20 heavy (non-hydrogen) atoms. The minimum absolute atomic E-state index is 0.0318. The average molecular weight is 276 g/mol. The Morgan fingerprint density at radius 3 is 3.15 bits per heavy atom. The maximum absolute atomic E-state index is 11.6. The average Bonchev–Trinajstić information content (AvgIpc) is 2.80. The highest BCUT2D eigenvalue weighted by molar-refractivity contribution is 5.78. The summed E-state index contributed by atoms with van der Waals surface area (Å²) in [5, 5.41) is 9.00. The molecule has 1 saturated heterocycles. The summed E-state index contributed by atoms with van der Waals surface area (Å²) >= 11 is 0. The fourth-order valence-electron chi connectivity index (χ4n) is 2.22. The number of oxazole rings is 1. The highest BCUT2D eigenvalue weighted by atomic mass is 16.5. The number of carbonyl (C=O) groups excluding carboxylic acids is 1. The van der Waals surface area contributed by atoms with Gasteiger partial charge in [-0.1, -0.05) is 12.1 Å². The molecular weight excluding hydrogens is 260 g/mol. The Hall–Kier alpha value is -2.12. The van der Waals surface area contributed by atoms with Gasteiger partial charge in [0, 0.05) is 19.6 Å². The molecule has 2 atom stereocenters. The largest absolute Gasteiger partial charge is 0.423 e. The van der Waals surface area contributed by atoms with Crippen molar-refractivity contribution in [2.75, 3.05) is 19.0 Å². The second-order valence-corrected chi connectivity index (χ2v) is 4.65. The van der Waals surface area contributed by atoms with Gasteiger partial charge in [0.1, 0.15) is 5.52 Å². The van der Waals surface area contributed by atoms with Gasteiger partial charge >= 0.3 is 0 Å². The van der Waals surface area contributed by atoms with Gasteiger partial charge in [0.05, 0.1) is 6.61 Å². The zero-order valence-corrected chi connectivity index (χ0v) is 11.1. The predicted molar refractivity (Wildman–Crippen MR) is 73.0 cm³/mol. The molecule has 0 spiro atoms. The molecule has 2 aromatic rings. The van der Waals surface area contributed by atoms with Gasteiger partial charge in [-0.2, -0.15) is 4.98 Å². The van der Waals surface area contributed by atoms with Crippen molar-refractivity contribution in [3.8, 4) is 0 Å². The first-order chi connectivity index (χ1) is 9.74. The highest BCUT2D eigenvalue weighted by Crippen LogP contribution is 2.18. The van der Waals surface area contributed by atoms with Crippen molar-refractivity contribution in [1.82, 2.24) is 15.6 Å². The molecule has 3 rings (SSSR count). The summed E-state index contributed by atoms with van der Waals surface area (Å²) < 4.78 is 10.6. The quantitative estimate of drug-likeness (QED) is 0.760. The third-order valence-electron chi connectivity index (χ3n) is 3.07. The van der Waals surface area contributed by atoms with Crippen molar-refractivity contribution in [3.05, 3.63) is 24.3 Å². The van der Waals surface area contributed by atoms with E-state index in [1.165, 1.54) is 0 Å². The van der Waals surface area contributed by atoms with Crippen LogP contribution in [0.1, 0.15) is 6.42 Å². The second-order valence-electron chi connectivity index (χ2n) is 4.65. The summed E-state index contributed by atoms with van der Waals surface area (Å²) in [6.07, 6.45) is -0.0380. The topological polar surface area (TPSA) is 88.4 Å². The van der Waals surface area contributed by atoms with Gasteiger partial charge in [0.2, 0.25) is 5.91 Å². The molecule has 0 saturated carbocycles. The Morgan fingerprint density at radius 2 is 2.35 bits per heavy atom. The van der Waals surface area contributed by atoms with Crippen LogP contribution in [0.25, 0.3) is 11.1 Å². The van der Waals surface area contributed by atoms with Crippen molar-refractivity contribution in [3.63, 3.8) is 0 Å². The molecule has 1 amide bonds. The Kier molecular flexibility index (Phi) is 3.53. The van der Waals surface area contributed by atoms with Gasteiger partial charge in [0.25, 0.3) is 6.01 Å². The van der Waals surface area contributed by atoms with Crippen molar-refractivity contribution in [2.24, 2.45) is 0 Å². The number of amides is 1. The van der Waals surface area contributed by atoms with Crippen LogP contribution < -0.4 is 16.0 Å². The Bertz CT molecular complexity index is 579. The fraction of sp³-hybridized carbons (Fsp3) is 0.385. The van der Waals surface area contributed by atoms with E-state index in [4.69, 9.17) is 9.15 Å². The number of fused-ring (bicyclic) bond motifs is 1. The number of aromatic nitrogens is 1. The molecule has 1 fully saturated rings. The lowest BCUT2D eigenvalue weighted by molar-refractivity contribution is -0.124. The first-order valence-corrected chi connectivity index (χ1v) is 6.41. The number of hydrogen-bond donors (Lipinski definition) is 3. The number of nitrogens with one attached hydrogen (secondary N) is 3. The Morgan fingerprint density at radius 1 is 1.50 bits per heavy atom. The number of carbonyl (C=O) groups is 1. The molecule has 0 bridgehead atoms. The zero-order chi connectivity index (χ0) is 13.9. The smallest absolute Gasteiger partial charge is 0.298 e. The summed E-state index contributed by atoms with van der Waals surface area (Å²) in [5.41, 5.74) is 1.47. The molecule has 2 heterocycles. The van der Waals surface area contributed by atoms with Gasteiger partial charge in [-0.05, 0) is 12.1 Å². The van der Waals surface area contributed by atoms with Crippen molar-refractivity contribution in [1.29, 1.82) is 0 Å². The molecule has 0 radical (unpaired) electrons. The maximum Gasteiger partial charge on any atom is 0.298 e. The van der Waals surface area contributed by atoms with Gasteiger partial charge in [-0.3, -0.25) is 10.1 Å². The van der Waals surface area contributed by atoms with Gasteiger partial charge in [0.15, 0.2) is 11.9 Å². The predicted octanol–water partition coefficient (Wildman–Crippen LogP) is 0.648. The molecule has 1 aliphatic heterocycles. The lowest BCUT2D eigenvalue weighted by atomic mass is 10.2. The summed E-state index contributed by atoms with van der Waals surface area (Å²) in [4.78, 5) is 15.9. The van der Waals surface area contributed by atoms with Crippen molar-refractivity contribution >= 4 is 23.0 Å². The van der Waals surface area contributed by atoms with Crippen LogP contribution in [0.3, 0.4) is 0 Å². The van der Waals surface area contributed by atoms with Crippen LogP contribution in [0.15, 0.2) is 28.7 Å². The fourth-order valence-corrected chi connectivity index (χ4v) is 2.22. The second kappa shape index (κ2) is 5.48. The van der Waals surface area contributed by atoms with Gasteiger partial charge in [-0.25, -0.2) is 0 Å². The van der Waals surface area contributed by atoms with Crippen LogP contribution in [-0.4, -0.2) is 36.9 Å². The van der Waals surface area contributed by atoms with E-state index in [1.807, 2.05) is 24.3 Å². The first-order valence-electron chi connectivity index (χ1n) is 6.41. The third kappa shape index (κ3) is 2.73. The van der Waals surface area contributed by atoms with Crippen molar-refractivity contribution < 1.29 is 13.9 Å². The third-order valence-corrected chi connectivity index (χ3v) is 3.07. The monoisotopic (exact) mass is 276 g/mol. The number of methoxy groups -OCH3 is 1.